The lowest BCUT2D eigenvalue weighted by molar-refractivity contribution is -0.131. The number of carbonyl (C=O) groups is 1. The molecule has 0 spiro atoms. The number of rotatable bonds is 5. The topological polar surface area (TPSA) is 20.3 Å². The summed E-state index contributed by atoms with van der Waals surface area (Å²) < 4.78 is 0. The number of halogens is 1. The van der Waals surface area contributed by atoms with Crippen molar-refractivity contribution in [1.29, 1.82) is 0 Å². The standard InChI is InChI=1S/C11H20BrNO/c1-2-3-4-7-11(14)13-8-5-6-10(13)9-12/h10H,2-9H2,1H3. The van der Waals surface area contributed by atoms with E-state index in [1.54, 1.807) is 0 Å². The van der Waals surface area contributed by atoms with Crippen LogP contribution in [0.2, 0.25) is 0 Å². The average Bonchev–Trinajstić information content (AvgIpc) is 2.65. The predicted molar refractivity (Wildman–Crippen MR) is 62.7 cm³/mol. The SMILES string of the molecule is CCCCCC(=O)N1CCCC1CBr. The molecule has 0 aliphatic carbocycles. The second-order valence-electron chi connectivity index (χ2n) is 3.99. The minimum Gasteiger partial charge on any atom is -0.339 e. The summed E-state index contributed by atoms with van der Waals surface area (Å²) in [7, 11) is 0. The number of alkyl halides is 1. The molecule has 1 amide bonds. The van der Waals surface area contributed by atoms with Crippen LogP contribution in [0.4, 0.5) is 0 Å². The van der Waals surface area contributed by atoms with Gasteiger partial charge in [0, 0.05) is 24.3 Å². The van der Waals surface area contributed by atoms with E-state index in [1.807, 2.05) is 0 Å². The van der Waals surface area contributed by atoms with Crippen molar-refractivity contribution in [2.45, 2.75) is 51.5 Å². The first-order valence-corrected chi connectivity index (χ1v) is 6.77. The molecule has 0 aromatic carbocycles. The molecular formula is C11H20BrNO. The second-order valence-corrected chi connectivity index (χ2v) is 4.64. The fraction of sp³-hybridized carbons (Fsp3) is 0.909. The summed E-state index contributed by atoms with van der Waals surface area (Å²) in [5.74, 6) is 0.361. The second kappa shape index (κ2) is 6.44. The van der Waals surface area contributed by atoms with E-state index < -0.39 is 0 Å². The van der Waals surface area contributed by atoms with Gasteiger partial charge < -0.3 is 4.90 Å². The zero-order valence-electron chi connectivity index (χ0n) is 8.97. The summed E-state index contributed by atoms with van der Waals surface area (Å²) in [4.78, 5) is 13.9. The fourth-order valence-corrected chi connectivity index (χ4v) is 2.67. The van der Waals surface area contributed by atoms with Gasteiger partial charge in [-0.15, -0.1) is 0 Å². The highest BCUT2D eigenvalue weighted by Crippen LogP contribution is 2.20. The lowest BCUT2D eigenvalue weighted by Gasteiger charge is -2.22. The Morgan fingerprint density at radius 1 is 1.50 bits per heavy atom. The Morgan fingerprint density at radius 2 is 2.29 bits per heavy atom. The largest absolute Gasteiger partial charge is 0.339 e. The number of hydrogen-bond acceptors (Lipinski definition) is 1. The molecule has 0 radical (unpaired) electrons. The molecule has 1 atom stereocenters. The van der Waals surface area contributed by atoms with Crippen molar-refractivity contribution >= 4 is 21.8 Å². The normalized spacial score (nSPS) is 21.6. The number of nitrogens with zero attached hydrogens (tertiary/aromatic N) is 1. The van der Waals surface area contributed by atoms with Crippen LogP contribution in [0.3, 0.4) is 0 Å². The number of unbranched alkanes of at least 4 members (excludes halogenated alkanes) is 2. The van der Waals surface area contributed by atoms with Crippen LogP contribution in [-0.2, 0) is 4.79 Å². The van der Waals surface area contributed by atoms with Gasteiger partial charge in [0.05, 0.1) is 0 Å². The molecule has 0 N–H and O–H groups in total. The van der Waals surface area contributed by atoms with E-state index in [4.69, 9.17) is 0 Å². The van der Waals surface area contributed by atoms with Crippen LogP contribution in [-0.4, -0.2) is 28.7 Å². The van der Waals surface area contributed by atoms with Crippen molar-refractivity contribution in [3.05, 3.63) is 0 Å². The average molecular weight is 262 g/mol. The van der Waals surface area contributed by atoms with E-state index >= 15 is 0 Å². The molecule has 0 aromatic rings. The Kier molecular flexibility index (Phi) is 5.53. The van der Waals surface area contributed by atoms with Gasteiger partial charge in [-0.3, -0.25) is 4.79 Å². The lowest BCUT2D eigenvalue weighted by Crippen LogP contribution is -2.36. The molecule has 1 aliphatic rings. The van der Waals surface area contributed by atoms with Crippen LogP contribution in [0.25, 0.3) is 0 Å². The molecule has 0 bridgehead atoms. The van der Waals surface area contributed by atoms with E-state index in [-0.39, 0.29) is 0 Å². The summed E-state index contributed by atoms with van der Waals surface area (Å²) in [6.45, 7) is 3.14. The van der Waals surface area contributed by atoms with Crippen molar-refractivity contribution in [3.63, 3.8) is 0 Å². The van der Waals surface area contributed by atoms with Crippen molar-refractivity contribution < 1.29 is 4.79 Å². The van der Waals surface area contributed by atoms with E-state index in [2.05, 4.69) is 27.8 Å². The van der Waals surface area contributed by atoms with Gasteiger partial charge in [0.25, 0.3) is 0 Å². The first-order valence-electron chi connectivity index (χ1n) is 5.65. The van der Waals surface area contributed by atoms with Crippen molar-refractivity contribution in [2.75, 3.05) is 11.9 Å². The minimum atomic E-state index is 0.361. The van der Waals surface area contributed by atoms with Gasteiger partial charge in [-0.1, -0.05) is 35.7 Å². The molecular weight excluding hydrogens is 242 g/mol. The van der Waals surface area contributed by atoms with Crippen molar-refractivity contribution in [1.82, 2.24) is 4.90 Å². The number of amides is 1. The maximum absolute atomic E-state index is 11.8. The molecule has 1 aliphatic heterocycles. The molecule has 1 fully saturated rings. The molecule has 0 saturated carbocycles. The zero-order valence-corrected chi connectivity index (χ0v) is 10.6. The van der Waals surface area contributed by atoms with Crippen LogP contribution in [0.5, 0.6) is 0 Å². The molecule has 2 nitrogen and oxygen atoms in total. The molecule has 0 aromatic heterocycles. The van der Waals surface area contributed by atoms with Crippen LogP contribution in [0, 0.1) is 0 Å². The smallest absolute Gasteiger partial charge is 0.222 e. The lowest BCUT2D eigenvalue weighted by atomic mass is 10.2. The monoisotopic (exact) mass is 261 g/mol. The van der Waals surface area contributed by atoms with E-state index in [0.29, 0.717) is 11.9 Å². The van der Waals surface area contributed by atoms with Crippen LogP contribution < -0.4 is 0 Å². The summed E-state index contributed by atoms with van der Waals surface area (Å²) in [5, 5.41) is 0.937. The Hall–Kier alpha value is -0.0500. The maximum Gasteiger partial charge on any atom is 0.222 e. The number of likely N-dealkylation sites (tertiary alicyclic amines) is 1. The number of carbonyl (C=O) groups excluding carboxylic acids is 1. The summed E-state index contributed by atoms with van der Waals surface area (Å²) in [6, 6.07) is 0.462. The molecule has 82 valence electrons. The third kappa shape index (κ3) is 3.26. The van der Waals surface area contributed by atoms with Gasteiger partial charge in [-0.25, -0.2) is 0 Å². The van der Waals surface area contributed by atoms with E-state index in [0.717, 1.165) is 24.7 Å². The van der Waals surface area contributed by atoms with Crippen molar-refractivity contribution in [3.8, 4) is 0 Å². The first kappa shape index (κ1) is 12.0. The zero-order chi connectivity index (χ0) is 10.4. The van der Waals surface area contributed by atoms with Crippen LogP contribution >= 0.6 is 15.9 Å². The van der Waals surface area contributed by atoms with Gasteiger partial charge in [0.2, 0.25) is 5.91 Å². The highest BCUT2D eigenvalue weighted by molar-refractivity contribution is 9.09. The Balaban J connectivity index is 2.28. The molecule has 1 heterocycles. The first-order chi connectivity index (χ1) is 6.79. The third-order valence-corrected chi connectivity index (χ3v) is 3.62. The highest BCUT2D eigenvalue weighted by atomic mass is 79.9. The summed E-state index contributed by atoms with van der Waals surface area (Å²) in [6.07, 6.45) is 6.52. The van der Waals surface area contributed by atoms with E-state index in [1.165, 1.54) is 25.7 Å². The van der Waals surface area contributed by atoms with E-state index in [9.17, 15) is 4.79 Å². The fourth-order valence-electron chi connectivity index (χ4n) is 1.99. The maximum atomic E-state index is 11.8. The Labute approximate surface area is 95.2 Å². The summed E-state index contributed by atoms with van der Waals surface area (Å²) in [5.41, 5.74) is 0. The predicted octanol–water partition coefficient (Wildman–Crippen LogP) is 2.95. The van der Waals surface area contributed by atoms with Crippen molar-refractivity contribution in [2.24, 2.45) is 0 Å². The van der Waals surface area contributed by atoms with Gasteiger partial charge in [-0.2, -0.15) is 0 Å². The Morgan fingerprint density at radius 3 is 2.93 bits per heavy atom. The van der Waals surface area contributed by atoms with Crippen LogP contribution in [0.1, 0.15) is 45.4 Å². The third-order valence-electron chi connectivity index (χ3n) is 2.87. The van der Waals surface area contributed by atoms with Crippen LogP contribution in [0.15, 0.2) is 0 Å². The van der Waals surface area contributed by atoms with Gasteiger partial charge in [0.15, 0.2) is 0 Å². The molecule has 1 rings (SSSR count). The summed E-state index contributed by atoms with van der Waals surface area (Å²) >= 11 is 3.47. The quantitative estimate of drug-likeness (QED) is 0.551. The molecule has 1 saturated heterocycles. The van der Waals surface area contributed by atoms with Gasteiger partial charge in [0.1, 0.15) is 0 Å². The number of hydrogen-bond donors (Lipinski definition) is 0. The Bertz CT molecular complexity index is 184. The van der Waals surface area contributed by atoms with Gasteiger partial charge in [-0.05, 0) is 19.3 Å². The highest BCUT2D eigenvalue weighted by Gasteiger charge is 2.26. The molecule has 1 unspecified atom stereocenters. The molecule has 14 heavy (non-hydrogen) atoms. The minimum absolute atomic E-state index is 0.361. The van der Waals surface area contributed by atoms with Gasteiger partial charge >= 0.3 is 0 Å². The molecule has 3 heteroatoms.